The second kappa shape index (κ2) is 5.85. The third-order valence-corrected chi connectivity index (χ3v) is 3.29. The summed E-state index contributed by atoms with van der Waals surface area (Å²) in [6.07, 6.45) is 0. The summed E-state index contributed by atoms with van der Waals surface area (Å²) in [5, 5.41) is 0. The molecule has 0 saturated carbocycles. The van der Waals surface area contributed by atoms with Gasteiger partial charge in [0.1, 0.15) is 6.61 Å². The molecule has 3 nitrogen and oxygen atoms in total. The van der Waals surface area contributed by atoms with Gasteiger partial charge in [0.15, 0.2) is 0 Å². The Labute approximate surface area is 111 Å². The van der Waals surface area contributed by atoms with Crippen molar-refractivity contribution in [3.8, 4) is 0 Å². The summed E-state index contributed by atoms with van der Waals surface area (Å²) in [4.78, 5) is 14.5. The van der Waals surface area contributed by atoms with Gasteiger partial charge in [0.2, 0.25) is 5.91 Å². The van der Waals surface area contributed by atoms with Gasteiger partial charge in [-0.25, -0.2) is 0 Å². The van der Waals surface area contributed by atoms with Crippen LogP contribution in [0.5, 0.6) is 0 Å². The summed E-state index contributed by atoms with van der Waals surface area (Å²) in [7, 11) is 1.77. The molecule has 5 heteroatoms. The Morgan fingerprint density at radius 1 is 1.47 bits per heavy atom. The Kier molecular flexibility index (Phi) is 4.98. The van der Waals surface area contributed by atoms with Gasteiger partial charge < -0.3 is 9.64 Å². The number of thiophene rings is 1. The lowest BCUT2D eigenvalue weighted by atomic mass is 10.2. The van der Waals surface area contributed by atoms with Crippen molar-refractivity contribution in [2.24, 2.45) is 0 Å². The molecule has 0 spiro atoms. The summed E-state index contributed by atoms with van der Waals surface area (Å²) >= 11 is 7.32. The molecule has 0 aromatic carbocycles. The zero-order valence-corrected chi connectivity index (χ0v) is 12.2. The first-order valence-electron chi connectivity index (χ1n) is 5.40. The SMILES string of the molecule is CN(Cc1ccc(Cl)s1)C(=O)COC(C)(C)C. The van der Waals surface area contributed by atoms with Crippen molar-refractivity contribution in [1.29, 1.82) is 0 Å². The zero-order chi connectivity index (χ0) is 13.1. The first kappa shape index (κ1) is 14.5. The van der Waals surface area contributed by atoms with Gasteiger partial charge in [-0.15, -0.1) is 11.3 Å². The molecule has 0 N–H and O–H groups in total. The van der Waals surface area contributed by atoms with Gasteiger partial charge in [0, 0.05) is 11.9 Å². The van der Waals surface area contributed by atoms with E-state index in [1.807, 2.05) is 32.9 Å². The molecule has 1 aromatic rings. The van der Waals surface area contributed by atoms with Gasteiger partial charge >= 0.3 is 0 Å². The van der Waals surface area contributed by atoms with Crippen LogP contribution in [0.25, 0.3) is 0 Å². The molecule has 1 heterocycles. The highest BCUT2D eigenvalue weighted by atomic mass is 35.5. The van der Waals surface area contributed by atoms with Crippen molar-refractivity contribution in [2.75, 3.05) is 13.7 Å². The summed E-state index contributed by atoms with van der Waals surface area (Å²) in [5.41, 5.74) is -0.289. The summed E-state index contributed by atoms with van der Waals surface area (Å²) in [6, 6.07) is 3.77. The van der Waals surface area contributed by atoms with Crippen LogP contribution in [0.3, 0.4) is 0 Å². The van der Waals surface area contributed by atoms with E-state index in [1.165, 1.54) is 11.3 Å². The third-order valence-electron chi connectivity index (χ3n) is 2.08. The lowest BCUT2D eigenvalue weighted by Crippen LogP contribution is -2.33. The molecule has 0 fully saturated rings. The van der Waals surface area contributed by atoms with Crippen molar-refractivity contribution < 1.29 is 9.53 Å². The number of carbonyl (C=O) groups excluding carboxylic acids is 1. The van der Waals surface area contributed by atoms with Crippen LogP contribution in [0.4, 0.5) is 0 Å². The minimum absolute atomic E-state index is 0.0237. The van der Waals surface area contributed by atoms with E-state index < -0.39 is 0 Å². The van der Waals surface area contributed by atoms with E-state index >= 15 is 0 Å². The average molecular weight is 276 g/mol. The number of amides is 1. The van der Waals surface area contributed by atoms with Crippen LogP contribution in [0.2, 0.25) is 4.34 Å². The lowest BCUT2D eigenvalue weighted by molar-refractivity contribution is -0.140. The highest BCUT2D eigenvalue weighted by Gasteiger charge is 2.16. The number of halogens is 1. The fourth-order valence-electron chi connectivity index (χ4n) is 1.15. The van der Waals surface area contributed by atoms with Gasteiger partial charge in [-0.2, -0.15) is 0 Å². The highest BCUT2D eigenvalue weighted by Crippen LogP contribution is 2.22. The number of ether oxygens (including phenoxy) is 1. The maximum Gasteiger partial charge on any atom is 0.248 e. The Hall–Kier alpha value is -0.580. The van der Waals surface area contributed by atoms with Crippen molar-refractivity contribution in [2.45, 2.75) is 32.9 Å². The van der Waals surface area contributed by atoms with Gasteiger partial charge in [0.25, 0.3) is 0 Å². The molecule has 1 aromatic heterocycles. The van der Waals surface area contributed by atoms with E-state index in [9.17, 15) is 4.79 Å². The molecule has 1 amide bonds. The Morgan fingerprint density at radius 3 is 2.59 bits per heavy atom. The summed E-state index contributed by atoms with van der Waals surface area (Å²) < 4.78 is 6.18. The molecular formula is C12H18ClNO2S. The summed E-state index contributed by atoms with van der Waals surface area (Å²) in [5.74, 6) is -0.0237. The fourth-order valence-corrected chi connectivity index (χ4v) is 2.29. The average Bonchev–Trinajstić information content (AvgIpc) is 2.59. The van der Waals surface area contributed by atoms with E-state index in [0.29, 0.717) is 6.54 Å². The smallest absolute Gasteiger partial charge is 0.248 e. The Bertz CT molecular complexity index is 384. The molecule has 0 aliphatic heterocycles. The molecule has 0 unspecified atom stereocenters. The minimum Gasteiger partial charge on any atom is -0.366 e. The monoisotopic (exact) mass is 275 g/mol. The Morgan fingerprint density at radius 2 is 2.12 bits per heavy atom. The van der Waals surface area contributed by atoms with Crippen LogP contribution in [0.1, 0.15) is 25.6 Å². The molecule has 1 rings (SSSR count). The van der Waals surface area contributed by atoms with E-state index in [0.717, 1.165) is 9.21 Å². The zero-order valence-electron chi connectivity index (χ0n) is 10.6. The topological polar surface area (TPSA) is 29.5 Å². The molecule has 0 atom stereocenters. The van der Waals surface area contributed by atoms with E-state index in [2.05, 4.69) is 0 Å². The van der Waals surface area contributed by atoms with E-state index in [1.54, 1.807) is 11.9 Å². The normalized spacial score (nSPS) is 11.6. The maximum atomic E-state index is 11.8. The largest absolute Gasteiger partial charge is 0.366 e. The number of likely N-dealkylation sites (N-methyl/N-ethyl adjacent to an activating group) is 1. The van der Waals surface area contributed by atoms with Crippen LogP contribution in [-0.2, 0) is 16.1 Å². The minimum atomic E-state index is -0.289. The molecule has 0 saturated heterocycles. The molecule has 0 bridgehead atoms. The van der Waals surface area contributed by atoms with Crippen LogP contribution < -0.4 is 0 Å². The van der Waals surface area contributed by atoms with Gasteiger partial charge in [-0.1, -0.05) is 11.6 Å². The highest BCUT2D eigenvalue weighted by molar-refractivity contribution is 7.16. The standard InChI is InChI=1S/C12H18ClNO2S/c1-12(2,3)16-8-11(15)14(4)7-9-5-6-10(13)17-9/h5-6H,7-8H2,1-4H3. The molecule has 17 heavy (non-hydrogen) atoms. The number of rotatable bonds is 4. The quantitative estimate of drug-likeness (QED) is 0.845. The predicted molar refractivity (Wildman–Crippen MR) is 71.5 cm³/mol. The number of carbonyl (C=O) groups is 1. The molecular weight excluding hydrogens is 258 g/mol. The lowest BCUT2D eigenvalue weighted by Gasteiger charge is -2.22. The van der Waals surface area contributed by atoms with Gasteiger partial charge in [0.05, 0.1) is 16.5 Å². The van der Waals surface area contributed by atoms with Crippen LogP contribution in [0, 0.1) is 0 Å². The molecule has 0 radical (unpaired) electrons. The fraction of sp³-hybridized carbons (Fsp3) is 0.583. The van der Waals surface area contributed by atoms with Crippen molar-refractivity contribution >= 4 is 28.8 Å². The predicted octanol–water partition coefficient (Wildman–Crippen LogP) is 3.18. The van der Waals surface area contributed by atoms with Gasteiger partial charge in [-0.05, 0) is 32.9 Å². The molecule has 0 aliphatic rings. The summed E-state index contributed by atoms with van der Waals surface area (Å²) in [6.45, 7) is 6.47. The van der Waals surface area contributed by atoms with Crippen molar-refractivity contribution in [3.63, 3.8) is 0 Å². The van der Waals surface area contributed by atoms with Crippen LogP contribution in [-0.4, -0.2) is 30.1 Å². The Balaban J connectivity index is 2.42. The second-order valence-electron chi connectivity index (χ2n) is 4.86. The first-order chi connectivity index (χ1) is 7.78. The molecule has 0 aliphatic carbocycles. The first-order valence-corrected chi connectivity index (χ1v) is 6.59. The maximum absolute atomic E-state index is 11.8. The molecule has 96 valence electrons. The van der Waals surface area contributed by atoms with E-state index in [-0.39, 0.29) is 18.1 Å². The van der Waals surface area contributed by atoms with Crippen molar-refractivity contribution in [3.05, 3.63) is 21.3 Å². The van der Waals surface area contributed by atoms with Gasteiger partial charge in [-0.3, -0.25) is 4.79 Å². The van der Waals surface area contributed by atoms with E-state index in [4.69, 9.17) is 16.3 Å². The van der Waals surface area contributed by atoms with Crippen molar-refractivity contribution in [1.82, 2.24) is 4.90 Å². The number of hydrogen-bond donors (Lipinski definition) is 0. The number of nitrogens with zero attached hydrogens (tertiary/aromatic N) is 1. The third kappa shape index (κ3) is 5.52. The second-order valence-corrected chi connectivity index (χ2v) is 6.66. The van der Waals surface area contributed by atoms with Crippen LogP contribution >= 0.6 is 22.9 Å². The van der Waals surface area contributed by atoms with Crippen LogP contribution in [0.15, 0.2) is 12.1 Å². The number of hydrogen-bond acceptors (Lipinski definition) is 3.